The van der Waals surface area contributed by atoms with E-state index in [-0.39, 0.29) is 5.84 Å². The van der Waals surface area contributed by atoms with Gasteiger partial charge in [-0.15, -0.1) is 0 Å². The van der Waals surface area contributed by atoms with Gasteiger partial charge in [0.1, 0.15) is 18.2 Å². The highest BCUT2D eigenvalue weighted by Crippen LogP contribution is 2.19. The van der Waals surface area contributed by atoms with Crippen molar-refractivity contribution in [2.75, 3.05) is 20.3 Å². The number of hydrogen-bond acceptors (Lipinski definition) is 7. The first-order valence-corrected chi connectivity index (χ1v) is 10.8. The molecule has 0 unspecified atom stereocenters. The molecule has 0 radical (unpaired) electrons. The summed E-state index contributed by atoms with van der Waals surface area (Å²) in [4.78, 5) is 17.4. The number of nitrogens with zero attached hydrogens (tertiary/aromatic N) is 5. The number of hydrogen-bond donors (Lipinski definition) is 2. The molecule has 0 aliphatic rings. The van der Waals surface area contributed by atoms with E-state index in [2.05, 4.69) is 10.1 Å². The molecule has 35 heavy (non-hydrogen) atoms. The van der Waals surface area contributed by atoms with E-state index in [1.165, 1.54) is 23.4 Å². The van der Waals surface area contributed by atoms with Crippen LogP contribution in [0.4, 0.5) is 4.39 Å². The van der Waals surface area contributed by atoms with Crippen LogP contribution in [-0.4, -0.2) is 62.8 Å². The van der Waals surface area contributed by atoms with Crippen molar-refractivity contribution >= 4 is 18.3 Å². The van der Waals surface area contributed by atoms with Gasteiger partial charge in [-0.1, -0.05) is 0 Å². The summed E-state index contributed by atoms with van der Waals surface area (Å²) in [5.74, 6) is -0.332. The molecule has 0 bridgehead atoms. The van der Waals surface area contributed by atoms with Crippen LogP contribution in [0.5, 0.6) is 5.75 Å². The van der Waals surface area contributed by atoms with Crippen molar-refractivity contribution in [1.82, 2.24) is 24.2 Å². The number of carbonyl (C=O) groups excluding carboxylic acids is 1. The van der Waals surface area contributed by atoms with Gasteiger partial charge in [0, 0.05) is 43.9 Å². The Morgan fingerprint density at radius 1 is 1.26 bits per heavy atom. The molecule has 10 nitrogen and oxygen atoms in total. The van der Waals surface area contributed by atoms with E-state index in [0.29, 0.717) is 42.2 Å². The molecule has 0 spiro atoms. The van der Waals surface area contributed by atoms with E-state index in [1.807, 2.05) is 13.0 Å². The molecular formula is C24H28FN7O3. The van der Waals surface area contributed by atoms with Crippen LogP contribution in [0.15, 0.2) is 43.1 Å². The van der Waals surface area contributed by atoms with Crippen LogP contribution in [0.2, 0.25) is 0 Å². The Bertz CT molecular complexity index is 1300. The van der Waals surface area contributed by atoms with Crippen molar-refractivity contribution in [2.45, 2.75) is 19.9 Å². The van der Waals surface area contributed by atoms with E-state index >= 15 is 0 Å². The lowest BCUT2D eigenvalue weighted by atomic mass is 10.1. The number of nitrogens with one attached hydrogen (secondary N) is 2. The number of rotatable bonds is 10. The second kappa shape index (κ2) is 11.3. The van der Waals surface area contributed by atoms with Crippen molar-refractivity contribution in [3.05, 3.63) is 65.7 Å². The molecule has 0 fully saturated rings. The minimum Gasteiger partial charge on any atom is -0.490 e. The zero-order valence-electron chi connectivity index (χ0n) is 20.0. The quantitative estimate of drug-likeness (QED) is 0.199. The molecule has 3 heterocycles. The SMILES string of the molecule is COCCOc1cnc(/C=C\N(C=O)[C@H](C)C(=N)n2cc(-c3cnn(C)c3)cc(F)c2=N)c(C)c1. The van der Waals surface area contributed by atoms with Gasteiger partial charge in [0.05, 0.1) is 30.7 Å². The summed E-state index contributed by atoms with van der Waals surface area (Å²) >= 11 is 0. The molecule has 1 atom stereocenters. The van der Waals surface area contributed by atoms with Crippen LogP contribution in [0, 0.1) is 23.6 Å². The summed E-state index contributed by atoms with van der Waals surface area (Å²) in [6, 6.07) is 2.26. The summed E-state index contributed by atoms with van der Waals surface area (Å²) in [6.45, 7) is 4.35. The molecule has 184 valence electrons. The molecule has 0 aromatic carbocycles. The second-order valence-corrected chi connectivity index (χ2v) is 7.84. The Morgan fingerprint density at radius 2 is 2.03 bits per heavy atom. The predicted molar refractivity (Wildman–Crippen MR) is 128 cm³/mol. The van der Waals surface area contributed by atoms with Gasteiger partial charge in [-0.2, -0.15) is 5.10 Å². The van der Waals surface area contributed by atoms with E-state index in [0.717, 1.165) is 10.1 Å². The van der Waals surface area contributed by atoms with Crippen LogP contribution < -0.4 is 10.2 Å². The maximum Gasteiger partial charge on any atom is 0.214 e. The number of amides is 1. The molecule has 0 aliphatic carbocycles. The highest BCUT2D eigenvalue weighted by molar-refractivity contribution is 5.88. The first kappa shape index (κ1) is 25.5. The number of ether oxygens (including phenoxy) is 2. The fourth-order valence-corrected chi connectivity index (χ4v) is 3.29. The Labute approximate surface area is 202 Å². The third-order valence-electron chi connectivity index (χ3n) is 5.33. The third-order valence-corrected chi connectivity index (χ3v) is 5.33. The Hall–Kier alpha value is -4.12. The Kier molecular flexibility index (Phi) is 8.26. The van der Waals surface area contributed by atoms with E-state index < -0.39 is 17.3 Å². The van der Waals surface area contributed by atoms with Gasteiger partial charge in [0.2, 0.25) is 6.41 Å². The Balaban J connectivity index is 1.81. The summed E-state index contributed by atoms with van der Waals surface area (Å²) < 4.78 is 27.7. The molecule has 3 rings (SSSR count). The summed E-state index contributed by atoms with van der Waals surface area (Å²) in [6.07, 6.45) is 10.1. The largest absolute Gasteiger partial charge is 0.490 e. The molecule has 0 aliphatic heterocycles. The monoisotopic (exact) mass is 481 g/mol. The minimum absolute atomic E-state index is 0.150. The van der Waals surface area contributed by atoms with Gasteiger partial charge < -0.3 is 14.4 Å². The van der Waals surface area contributed by atoms with Gasteiger partial charge >= 0.3 is 0 Å². The van der Waals surface area contributed by atoms with Crippen LogP contribution in [0.1, 0.15) is 18.2 Å². The molecule has 0 saturated heterocycles. The normalized spacial score (nSPS) is 12.0. The fourth-order valence-electron chi connectivity index (χ4n) is 3.29. The smallest absolute Gasteiger partial charge is 0.214 e. The molecule has 11 heteroatoms. The second-order valence-electron chi connectivity index (χ2n) is 7.84. The minimum atomic E-state index is -0.793. The van der Waals surface area contributed by atoms with Gasteiger partial charge in [0.15, 0.2) is 11.3 Å². The fraction of sp³-hybridized carbons (Fsp3) is 0.292. The highest BCUT2D eigenvalue weighted by Gasteiger charge is 2.19. The van der Waals surface area contributed by atoms with Crippen LogP contribution >= 0.6 is 0 Å². The maximum absolute atomic E-state index is 14.5. The van der Waals surface area contributed by atoms with Crippen molar-refractivity contribution in [3.63, 3.8) is 0 Å². The zero-order chi connectivity index (χ0) is 25.5. The first-order chi connectivity index (χ1) is 16.7. The predicted octanol–water partition coefficient (Wildman–Crippen LogP) is 2.58. The van der Waals surface area contributed by atoms with Crippen molar-refractivity contribution in [3.8, 4) is 16.9 Å². The van der Waals surface area contributed by atoms with E-state index in [9.17, 15) is 9.18 Å². The molecule has 3 aromatic rings. The first-order valence-electron chi connectivity index (χ1n) is 10.8. The standard InChI is InChI=1S/C24H28FN7O3/c1-16-9-20(35-8-7-34-4)12-28-22(16)5-6-31(15-33)17(2)23(26)32-14-18(10-21(25)24(32)27)19-11-29-30(3)13-19/h5-6,9-15,17,26-27H,7-8H2,1-4H3/b6-5-,26-23?,27-24?/t17-/m1/s1. The number of halogens is 1. The average molecular weight is 482 g/mol. The lowest BCUT2D eigenvalue weighted by molar-refractivity contribution is -0.116. The maximum atomic E-state index is 14.5. The number of methoxy groups -OCH3 is 1. The molecule has 0 saturated carbocycles. The highest BCUT2D eigenvalue weighted by atomic mass is 19.1. The molecule has 2 N–H and O–H groups in total. The van der Waals surface area contributed by atoms with Gasteiger partial charge in [-0.25, -0.2) is 4.39 Å². The van der Waals surface area contributed by atoms with Crippen LogP contribution in [0.25, 0.3) is 17.2 Å². The molecule has 1 amide bonds. The van der Waals surface area contributed by atoms with Crippen LogP contribution in [0.3, 0.4) is 0 Å². The number of pyridine rings is 2. The summed E-state index contributed by atoms with van der Waals surface area (Å²) in [5, 5.41) is 20.8. The molecular weight excluding hydrogens is 453 g/mol. The van der Waals surface area contributed by atoms with Gasteiger partial charge in [-0.3, -0.25) is 29.8 Å². The summed E-state index contributed by atoms with van der Waals surface area (Å²) in [5.41, 5.74) is 2.08. The van der Waals surface area contributed by atoms with E-state index in [1.54, 1.807) is 50.4 Å². The average Bonchev–Trinajstić information content (AvgIpc) is 3.28. The molecule has 3 aromatic heterocycles. The Morgan fingerprint density at radius 3 is 2.66 bits per heavy atom. The third kappa shape index (κ3) is 6.07. The number of aryl methyl sites for hydroxylation is 2. The van der Waals surface area contributed by atoms with Gasteiger partial charge in [-0.05, 0) is 37.6 Å². The van der Waals surface area contributed by atoms with Crippen molar-refractivity contribution in [2.24, 2.45) is 7.05 Å². The lowest BCUT2D eigenvalue weighted by Crippen LogP contribution is -2.42. The number of aromatic nitrogens is 4. The van der Waals surface area contributed by atoms with Gasteiger partial charge in [0.25, 0.3) is 0 Å². The lowest BCUT2D eigenvalue weighted by Gasteiger charge is -2.24. The summed E-state index contributed by atoms with van der Waals surface area (Å²) in [7, 11) is 3.33. The van der Waals surface area contributed by atoms with E-state index in [4.69, 9.17) is 20.3 Å². The zero-order valence-corrected chi connectivity index (χ0v) is 20.0. The topological polar surface area (TPSA) is 122 Å². The number of carbonyl (C=O) groups is 1. The van der Waals surface area contributed by atoms with Crippen LogP contribution in [-0.2, 0) is 16.6 Å². The van der Waals surface area contributed by atoms with Crippen molar-refractivity contribution in [1.29, 1.82) is 10.8 Å². The van der Waals surface area contributed by atoms with Crippen molar-refractivity contribution < 1.29 is 18.7 Å².